The molecular formula is C22H22BrFN2O2. The summed E-state index contributed by atoms with van der Waals surface area (Å²) >= 11 is 3.23. The summed E-state index contributed by atoms with van der Waals surface area (Å²) < 4.78 is 19.4. The topological polar surface area (TPSA) is 55.0 Å². The van der Waals surface area contributed by atoms with E-state index in [1.54, 1.807) is 12.1 Å². The Morgan fingerprint density at radius 2 is 1.82 bits per heavy atom. The molecule has 1 N–H and O–H groups in total. The van der Waals surface area contributed by atoms with Crippen molar-refractivity contribution in [3.63, 3.8) is 0 Å². The summed E-state index contributed by atoms with van der Waals surface area (Å²) in [7, 11) is 0. The van der Waals surface area contributed by atoms with Crippen molar-refractivity contribution in [1.82, 2.24) is 9.97 Å². The minimum atomic E-state index is -0.334. The molecule has 0 unspecified atom stereocenters. The third-order valence-corrected chi connectivity index (χ3v) is 5.04. The predicted octanol–water partition coefficient (Wildman–Crippen LogP) is 5.14. The van der Waals surface area contributed by atoms with Crippen LogP contribution in [0.25, 0.3) is 0 Å². The third kappa shape index (κ3) is 5.07. The van der Waals surface area contributed by atoms with Crippen LogP contribution in [0.2, 0.25) is 0 Å². The molecule has 0 aliphatic heterocycles. The number of benzene rings is 2. The number of aromatic amines is 1. The van der Waals surface area contributed by atoms with E-state index >= 15 is 0 Å². The largest absolute Gasteiger partial charge is 0.472 e. The zero-order valence-electron chi connectivity index (χ0n) is 16.1. The summed E-state index contributed by atoms with van der Waals surface area (Å²) in [6.45, 7) is 6.78. The maximum Gasteiger partial charge on any atom is 0.269 e. The monoisotopic (exact) mass is 444 g/mol. The highest BCUT2D eigenvalue weighted by Crippen LogP contribution is 2.23. The Bertz CT molecular complexity index is 1020. The standard InChI is InChI=1S/C22H22BrFN2O2/c1-22(2,3)16-9-7-14(8-10-16)13-28-21-19(23)20(27)25-18(26-21)12-15-5-4-6-17(24)11-15/h4-11H,12-13H2,1-3H3,(H,25,26,27). The normalized spacial score (nSPS) is 11.5. The van der Waals surface area contributed by atoms with Gasteiger partial charge in [0.2, 0.25) is 5.88 Å². The predicted molar refractivity (Wildman–Crippen MR) is 111 cm³/mol. The zero-order valence-corrected chi connectivity index (χ0v) is 17.6. The molecule has 0 aliphatic rings. The number of H-pyrrole nitrogens is 1. The van der Waals surface area contributed by atoms with Gasteiger partial charge in [-0.15, -0.1) is 0 Å². The van der Waals surface area contributed by atoms with Crippen molar-refractivity contribution < 1.29 is 9.13 Å². The molecule has 0 bridgehead atoms. The quantitative estimate of drug-likeness (QED) is 0.592. The van der Waals surface area contributed by atoms with Crippen molar-refractivity contribution in [1.29, 1.82) is 0 Å². The molecule has 0 spiro atoms. The number of nitrogens with zero attached hydrogens (tertiary/aromatic N) is 1. The van der Waals surface area contributed by atoms with Crippen LogP contribution in [0.4, 0.5) is 4.39 Å². The first-order valence-electron chi connectivity index (χ1n) is 8.98. The van der Waals surface area contributed by atoms with Crippen LogP contribution in [0, 0.1) is 5.82 Å². The SMILES string of the molecule is CC(C)(C)c1ccc(COc2nc(Cc3cccc(F)c3)[nH]c(=O)c2Br)cc1. The van der Waals surface area contributed by atoms with Gasteiger partial charge in [0.1, 0.15) is 22.7 Å². The van der Waals surface area contributed by atoms with Crippen LogP contribution in [-0.2, 0) is 18.4 Å². The summed E-state index contributed by atoms with van der Waals surface area (Å²) in [6.07, 6.45) is 0.302. The van der Waals surface area contributed by atoms with Gasteiger partial charge in [-0.1, -0.05) is 57.2 Å². The average Bonchev–Trinajstić information content (AvgIpc) is 2.63. The first-order chi connectivity index (χ1) is 13.2. The molecule has 0 aliphatic carbocycles. The molecule has 0 fully saturated rings. The van der Waals surface area contributed by atoms with E-state index in [4.69, 9.17) is 4.74 Å². The molecule has 1 heterocycles. The minimum absolute atomic E-state index is 0.0858. The van der Waals surface area contributed by atoms with Crippen LogP contribution < -0.4 is 10.3 Å². The number of nitrogens with one attached hydrogen (secondary N) is 1. The Balaban J connectivity index is 1.76. The third-order valence-electron chi connectivity index (χ3n) is 4.34. The fraction of sp³-hybridized carbons (Fsp3) is 0.273. The van der Waals surface area contributed by atoms with Crippen LogP contribution >= 0.6 is 15.9 Å². The number of halogens is 2. The molecule has 0 saturated carbocycles. The Labute approximate surface area is 171 Å². The van der Waals surface area contributed by atoms with Gasteiger partial charge in [-0.25, -0.2) is 4.39 Å². The highest BCUT2D eigenvalue weighted by Gasteiger charge is 2.14. The number of hydrogen-bond acceptors (Lipinski definition) is 3. The summed E-state index contributed by atoms with van der Waals surface area (Å²) in [4.78, 5) is 19.3. The second-order valence-electron chi connectivity index (χ2n) is 7.67. The van der Waals surface area contributed by atoms with Gasteiger partial charge in [-0.05, 0) is 50.2 Å². The molecule has 3 rings (SSSR count). The Hall–Kier alpha value is -2.47. The van der Waals surface area contributed by atoms with E-state index < -0.39 is 0 Å². The molecule has 28 heavy (non-hydrogen) atoms. The number of hydrogen-bond donors (Lipinski definition) is 1. The number of ether oxygens (including phenoxy) is 1. The second-order valence-corrected chi connectivity index (χ2v) is 8.47. The highest BCUT2D eigenvalue weighted by atomic mass is 79.9. The van der Waals surface area contributed by atoms with Crippen molar-refractivity contribution in [2.45, 2.75) is 39.2 Å². The van der Waals surface area contributed by atoms with Crippen LogP contribution in [0.5, 0.6) is 5.88 Å². The van der Waals surface area contributed by atoms with Gasteiger partial charge in [0.25, 0.3) is 5.56 Å². The first kappa shape index (κ1) is 20.3. The smallest absolute Gasteiger partial charge is 0.269 e. The van der Waals surface area contributed by atoms with E-state index in [-0.39, 0.29) is 27.1 Å². The Morgan fingerprint density at radius 3 is 2.46 bits per heavy atom. The van der Waals surface area contributed by atoms with Crippen molar-refractivity contribution in [2.75, 3.05) is 0 Å². The lowest BCUT2D eigenvalue weighted by atomic mass is 9.87. The van der Waals surface area contributed by atoms with Gasteiger partial charge in [-0.2, -0.15) is 4.98 Å². The van der Waals surface area contributed by atoms with Crippen molar-refractivity contribution in [2.24, 2.45) is 0 Å². The van der Waals surface area contributed by atoms with Gasteiger partial charge >= 0.3 is 0 Å². The van der Waals surface area contributed by atoms with E-state index in [1.165, 1.54) is 17.7 Å². The highest BCUT2D eigenvalue weighted by molar-refractivity contribution is 9.10. The molecule has 0 radical (unpaired) electrons. The van der Waals surface area contributed by atoms with Crippen LogP contribution in [0.15, 0.2) is 57.8 Å². The summed E-state index contributed by atoms with van der Waals surface area (Å²) in [5.74, 6) is 0.305. The summed E-state index contributed by atoms with van der Waals surface area (Å²) in [6, 6.07) is 14.4. The van der Waals surface area contributed by atoms with Crippen LogP contribution in [0.3, 0.4) is 0 Å². The molecule has 0 amide bonds. The van der Waals surface area contributed by atoms with E-state index in [0.29, 0.717) is 24.4 Å². The molecule has 2 aromatic carbocycles. The van der Waals surface area contributed by atoms with E-state index in [9.17, 15) is 9.18 Å². The molecule has 1 aromatic heterocycles. The van der Waals surface area contributed by atoms with E-state index in [1.807, 2.05) is 12.1 Å². The van der Waals surface area contributed by atoms with Crippen molar-refractivity contribution >= 4 is 15.9 Å². The zero-order chi connectivity index (χ0) is 20.3. The molecule has 6 heteroatoms. The van der Waals surface area contributed by atoms with Gasteiger partial charge < -0.3 is 9.72 Å². The van der Waals surface area contributed by atoms with Gasteiger partial charge in [0.05, 0.1) is 0 Å². The molecule has 0 saturated heterocycles. The summed E-state index contributed by atoms with van der Waals surface area (Å²) in [5.41, 5.74) is 2.69. The maximum absolute atomic E-state index is 13.4. The van der Waals surface area contributed by atoms with Crippen molar-refractivity contribution in [3.8, 4) is 5.88 Å². The van der Waals surface area contributed by atoms with E-state index in [2.05, 4.69) is 58.8 Å². The van der Waals surface area contributed by atoms with Gasteiger partial charge in [-0.3, -0.25) is 4.79 Å². The number of rotatable bonds is 5. The van der Waals surface area contributed by atoms with Crippen molar-refractivity contribution in [3.05, 3.63) is 91.7 Å². The Morgan fingerprint density at radius 1 is 1.11 bits per heavy atom. The second kappa shape index (κ2) is 8.27. The molecule has 146 valence electrons. The molecule has 3 aromatic rings. The van der Waals surface area contributed by atoms with E-state index in [0.717, 1.165) is 5.56 Å². The van der Waals surface area contributed by atoms with Crippen LogP contribution in [0.1, 0.15) is 43.3 Å². The fourth-order valence-corrected chi connectivity index (χ4v) is 3.06. The summed E-state index contributed by atoms with van der Waals surface area (Å²) in [5, 5.41) is 0. The number of aromatic nitrogens is 2. The Kier molecular flexibility index (Phi) is 5.98. The maximum atomic E-state index is 13.4. The van der Waals surface area contributed by atoms with Gasteiger partial charge in [0, 0.05) is 6.42 Å². The fourth-order valence-electron chi connectivity index (χ4n) is 2.75. The molecular weight excluding hydrogens is 423 g/mol. The van der Waals surface area contributed by atoms with Gasteiger partial charge in [0.15, 0.2) is 0 Å². The minimum Gasteiger partial charge on any atom is -0.472 e. The van der Waals surface area contributed by atoms with Crippen LogP contribution in [-0.4, -0.2) is 9.97 Å². The first-order valence-corrected chi connectivity index (χ1v) is 9.77. The lowest BCUT2D eigenvalue weighted by Gasteiger charge is -2.19. The lowest BCUT2D eigenvalue weighted by Crippen LogP contribution is -2.15. The molecule has 4 nitrogen and oxygen atoms in total. The molecule has 0 atom stereocenters. The average molecular weight is 445 g/mol. The lowest BCUT2D eigenvalue weighted by molar-refractivity contribution is 0.289.